The summed E-state index contributed by atoms with van der Waals surface area (Å²) in [6.07, 6.45) is 0.505. The molecule has 1 saturated heterocycles. The van der Waals surface area contributed by atoms with Gasteiger partial charge in [-0.15, -0.1) is 0 Å². The van der Waals surface area contributed by atoms with Gasteiger partial charge in [0.05, 0.1) is 6.42 Å². The molecule has 0 N–H and O–H groups in total. The van der Waals surface area contributed by atoms with E-state index in [9.17, 15) is 4.79 Å². The Kier molecular flexibility index (Phi) is 5.47. The Morgan fingerprint density at radius 1 is 0.913 bits per heavy atom. The zero-order valence-corrected chi connectivity index (χ0v) is 14.7. The molecular weight excluding hydrogens is 352 g/mol. The predicted molar refractivity (Wildman–Crippen MR) is 96.1 cm³/mol. The number of amides is 1. The maximum atomic E-state index is 12.4. The zero-order chi connectivity index (χ0) is 16.1. The molecule has 120 valence electrons. The van der Waals surface area contributed by atoms with Gasteiger partial charge in [-0.1, -0.05) is 64.5 Å². The highest BCUT2D eigenvalue weighted by atomic mass is 79.9. The molecule has 3 nitrogen and oxygen atoms in total. The molecule has 23 heavy (non-hydrogen) atoms. The topological polar surface area (TPSA) is 23.6 Å². The van der Waals surface area contributed by atoms with E-state index >= 15 is 0 Å². The lowest BCUT2D eigenvalue weighted by molar-refractivity contribution is -0.132. The number of carbonyl (C=O) groups is 1. The molecule has 2 aromatic rings. The molecule has 0 unspecified atom stereocenters. The van der Waals surface area contributed by atoms with E-state index in [0.29, 0.717) is 6.42 Å². The minimum Gasteiger partial charge on any atom is -0.340 e. The third-order valence-electron chi connectivity index (χ3n) is 4.27. The monoisotopic (exact) mass is 372 g/mol. The molecule has 0 spiro atoms. The Labute approximate surface area is 146 Å². The molecule has 3 rings (SSSR count). The van der Waals surface area contributed by atoms with Crippen LogP contribution in [-0.4, -0.2) is 41.9 Å². The van der Waals surface area contributed by atoms with Gasteiger partial charge < -0.3 is 4.90 Å². The second-order valence-electron chi connectivity index (χ2n) is 5.91. The van der Waals surface area contributed by atoms with Crippen molar-refractivity contribution in [1.82, 2.24) is 9.80 Å². The van der Waals surface area contributed by atoms with Crippen molar-refractivity contribution in [2.75, 3.05) is 26.2 Å². The average molecular weight is 373 g/mol. The highest BCUT2D eigenvalue weighted by Crippen LogP contribution is 2.18. The van der Waals surface area contributed by atoms with Crippen molar-refractivity contribution in [3.63, 3.8) is 0 Å². The van der Waals surface area contributed by atoms with Crippen molar-refractivity contribution in [1.29, 1.82) is 0 Å². The summed E-state index contributed by atoms with van der Waals surface area (Å²) in [5.74, 6) is 0.233. The van der Waals surface area contributed by atoms with E-state index in [4.69, 9.17) is 0 Å². The number of rotatable bonds is 4. The van der Waals surface area contributed by atoms with Crippen LogP contribution in [0.15, 0.2) is 59.1 Å². The summed E-state index contributed by atoms with van der Waals surface area (Å²) in [7, 11) is 0. The third kappa shape index (κ3) is 4.43. The molecule has 1 heterocycles. The average Bonchev–Trinajstić information content (AvgIpc) is 2.58. The van der Waals surface area contributed by atoms with Crippen LogP contribution in [0.2, 0.25) is 0 Å². The lowest BCUT2D eigenvalue weighted by Gasteiger charge is -2.35. The molecule has 1 amide bonds. The van der Waals surface area contributed by atoms with Gasteiger partial charge in [-0.05, 0) is 17.2 Å². The van der Waals surface area contributed by atoms with Gasteiger partial charge in [0.1, 0.15) is 0 Å². The number of carbonyl (C=O) groups excluding carboxylic acids is 1. The summed E-state index contributed by atoms with van der Waals surface area (Å²) < 4.78 is 1.16. The van der Waals surface area contributed by atoms with Crippen LogP contribution < -0.4 is 0 Å². The molecule has 0 aromatic heterocycles. The predicted octanol–water partition coefficient (Wildman–Crippen LogP) is 3.34. The minimum absolute atomic E-state index is 0.233. The Hall–Kier alpha value is -1.65. The fourth-order valence-electron chi connectivity index (χ4n) is 2.91. The van der Waals surface area contributed by atoms with E-state index < -0.39 is 0 Å². The van der Waals surface area contributed by atoms with Gasteiger partial charge in [0.2, 0.25) is 5.91 Å². The molecule has 0 atom stereocenters. The van der Waals surface area contributed by atoms with Gasteiger partial charge in [0, 0.05) is 37.2 Å². The minimum atomic E-state index is 0.233. The van der Waals surface area contributed by atoms with Gasteiger partial charge in [0.25, 0.3) is 0 Å². The Morgan fingerprint density at radius 2 is 1.57 bits per heavy atom. The van der Waals surface area contributed by atoms with Crippen molar-refractivity contribution in [2.24, 2.45) is 0 Å². The first-order valence-corrected chi connectivity index (χ1v) is 8.79. The first-order chi connectivity index (χ1) is 11.2. The molecule has 0 saturated carbocycles. The maximum absolute atomic E-state index is 12.4. The quantitative estimate of drug-likeness (QED) is 0.821. The molecule has 0 aliphatic carbocycles. The van der Waals surface area contributed by atoms with Crippen LogP contribution in [0.1, 0.15) is 11.1 Å². The lowest BCUT2D eigenvalue weighted by Crippen LogP contribution is -2.48. The smallest absolute Gasteiger partial charge is 0.227 e. The second-order valence-corrected chi connectivity index (χ2v) is 6.77. The normalized spacial score (nSPS) is 15.6. The zero-order valence-electron chi connectivity index (χ0n) is 13.1. The van der Waals surface area contributed by atoms with Crippen LogP contribution in [0.3, 0.4) is 0 Å². The SMILES string of the molecule is O=C(Cc1ccccc1)N1CCN(Cc2ccccc2Br)CC1. The molecule has 1 aliphatic rings. The van der Waals surface area contributed by atoms with E-state index in [2.05, 4.69) is 39.0 Å². The van der Waals surface area contributed by atoms with Crippen LogP contribution in [0.5, 0.6) is 0 Å². The van der Waals surface area contributed by atoms with Crippen molar-refractivity contribution < 1.29 is 4.79 Å². The van der Waals surface area contributed by atoms with E-state index in [1.165, 1.54) is 5.56 Å². The van der Waals surface area contributed by atoms with Gasteiger partial charge in [-0.3, -0.25) is 9.69 Å². The number of nitrogens with zero attached hydrogens (tertiary/aromatic N) is 2. The molecule has 4 heteroatoms. The maximum Gasteiger partial charge on any atom is 0.227 e. The van der Waals surface area contributed by atoms with E-state index in [0.717, 1.165) is 42.8 Å². The van der Waals surface area contributed by atoms with Gasteiger partial charge in [-0.2, -0.15) is 0 Å². The second kappa shape index (κ2) is 7.75. The fourth-order valence-corrected chi connectivity index (χ4v) is 3.32. The lowest BCUT2D eigenvalue weighted by atomic mass is 10.1. The van der Waals surface area contributed by atoms with Gasteiger partial charge >= 0.3 is 0 Å². The Balaban J connectivity index is 1.50. The van der Waals surface area contributed by atoms with Crippen LogP contribution in [0.4, 0.5) is 0 Å². The molecule has 1 fully saturated rings. The van der Waals surface area contributed by atoms with Crippen LogP contribution in [0.25, 0.3) is 0 Å². The first kappa shape index (κ1) is 16.2. The number of hydrogen-bond donors (Lipinski definition) is 0. The molecule has 2 aromatic carbocycles. The number of halogens is 1. The largest absolute Gasteiger partial charge is 0.340 e. The van der Waals surface area contributed by atoms with Crippen molar-refractivity contribution in [2.45, 2.75) is 13.0 Å². The highest BCUT2D eigenvalue weighted by Gasteiger charge is 2.21. The summed E-state index contributed by atoms with van der Waals surface area (Å²) >= 11 is 3.60. The first-order valence-electron chi connectivity index (χ1n) is 8.00. The van der Waals surface area contributed by atoms with Gasteiger partial charge in [-0.25, -0.2) is 0 Å². The fraction of sp³-hybridized carbons (Fsp3) is 0.316. The van der Waals surface area contributed by atoms with Crippen LogP contribution in [-0.2, 0) is 17.8 Å². The standard InChI is InChI=1S/C19H21BrN2O/c20-18-9-5-4-8-17(18)15-21-10-12-22(13-11-21)19(23)14-16-6-2-1-3-7-16/h1-9H,10-15H2. The summed E-state index contributed by atoms with van der Waals surface area (Å²) in [5.41, 5.74) is 2.39. The van der Waals surface area contributed by atoms with Gasteiger partial charge in [0.15, 0.2) is 0 Å². The number of piperazine rings is 1. The summed E-state index contributed by atoms with van der Waals surface area (Å²) in [4.78, 5) is 16.8. The molecular formula is C19H21BrN2O. The van der Waals surface area contributed by atoms with Crippen molar-refractivity contribution in [3.8, 4) is 0 Å². The summed E-state index contributed by atoms with van der Waals surface area (Å²) in [6.45, 7) is 4.43. The molecule has 1 aliphatic heterocycles. The van der Waals surface area contributed by atoms with E-state index in [-0.39, 0.29) is 5.91 Å². The van der Waals surface area contributed by atoms with Crippen molar-refractivity contribution in [3.05, 3.63) is 70.2 Å². The summed E-state index contributed by atoms with van der Waals surface area (Å²) in [6, 6.07) is 18.3. The number of hydrogen-bond acceptors (Lipinski definition) is 2. The van der Waals surface area contributed by atoms with Crippen molar-refractivity contribution >= 4 is 21.8 Å². The Bertz CT molecular complexity index is 651. The van der Waals surface area contributed by atoms with Crippen LogP contribution >= 0.6 is 15.9 Å². The molecule has 0 bridgehead atoms. The number of benzene rings is 2. The van der Waals surface area contributed by atoms with E-state index in [1.807, 2.05) is 41.3 Å². The Morgan fingerprint density at radius 3 is 2.26 bits per heavy atom. The highest BCUT2D eigenvalue weighted by molar-refractivity contribution is 9.10. The van der Waals surface area contributed by atoms with Crippen LogP contribution in [0, 0.1) is 0 Å². The molecule has 0 radical (unpaired) electrons. The summed E-state index contributed by atoms with van der Waals surface area (Å²) in [5, 5.41) is 0. The third-order valence-corrected chi connectivity index (χ3v) is 5.05. The van der Waals surface area contributed by atoms with E-state index in [1.54, 1.807) is 0 Å².